The molecule has 0 N–H and O–H groups in total. The molecule has 2 nitrogen and oxygen atoms in total. The van der Waals surface area contributed by atoms with Crippen LogP contribution in [0.2, 0.25) is 18.1 Å². The van der Waals surface area contributed by atoms with Crippen molar-refractivity contribution in [2.45, 2.75) is 51.7 Å². The van der Waals surface area contributed by atoms with Crippen LogP contribution >= 0.6 is 0 Å². The molecule has 0 aromatic carbocycles. The van der Waals surface area contributed by atoms with Crippen LogP contribution in [0.5, 0.6) is 0 Å². The lowest BCUT2D eigenvalue weighted by atomic mass is 10.2. The third-order valence-electron chi connectivity index (χ3n) is 3.03. The average molecular weight is 228 g/mol. The summed E-state index contributed by atoms with van der Waals surface area (Å²) in [6, 6.07) is 0. The predicted molar refractivity (Wildman–Crippen MR) is 67.6 cm³/mol. The van der Waals surface area contributed by atoms with Crippen LogP contribution in [0, 0.1) is 0 Å². The fourth-order valence-corrected chi connectivity index (χ4v) is 1.77. The molecule has 3 heteroatoms. The Hall–Kier alpha value is -0.413. The van der Waals surface area contributed by atoms with Gasteiger partial charge < -0.3 is 4.43 Å². The summed E-state index contributed by atoms with van der Waals surface area (Å²) in [5.74, 6) is 0.180. The van der Waals surface area contributed by atoms with Crippen molar-refractivity contribution in [3.63, 3.8) is 0 Å². The van der Waals surface area contributed by atoms with Crippen LogP contribution in [0.3, 0.4) is 0 Å². The molecule has 0 aromatic rings. The lowest BCUT2D eigenvalue weighted by molar-refractivity contribution is -0.121. The van der Waals surface area contributed by atoms with Gasteiger partial charge in [-0.2, -0.15) is 0 Å². The van der Waals surface area contributed by atoms with E-state index < -0.39 is 8.32 Å². The largest absolute Gasteiger partial charge is 0.410 e. The van der Waals surface area contributed by atoms with Gasteiger partial charge in [0.25, 0.3) is 0 Å². The minimum atomic E-state index is -1.75. The highest BCUT2D eigenvalue weighted by Gasteiger charge is 2.37. The van der Waals surface area contributed by atoms with Crippen molar-refractivity contribution < 1.29 is 9.22 Å². The minimum absolute atomic E-state index is 0.172. The Kier molecular flexibility index (Phi) is 5.46. The van der Waals surface area contributed by atoms with Gasteiger partial charge in [-0.05, 0) is 24.6 Å². The molecule has 0 saturated heterocycles. The molecule has 0 fully saturated rings. The van der Waals surface area contributed by atoms with E-state index in [1.165, 1.54) is 0 Å². The van der Waals surface area contributed by atoms with E-state index >= 15 is 0 Å². The van der Waals surface area contributed by atoms with Crippen molar-refractivity contribution in [2.24, 2.45) is 0 Å². The molecule has 0 amide bonds. The molecule has 0 aliphatic carbocycles. The van der Waals surface area contributed by atoms with E-state index in [1.807, 2.05) is 0 Å². The molecule has 88 valence electrons. The number of hydrogen-bond donors (Lipinski definition) is 0. The fourth-order valence-electron chi connectivity index (χ4n) is 0.813. The Labute approximate surface area is 94.8 Å². The lowest BCUT2D eigenvalue weighted by Gasteiger charge is -2.35. The summed E-state index contributed by atoms with van der Waals surface area (Å²) < 4.78 is 5.81. The van der Waals surface area contributed by atoms with E-state index in [9.17, 15) is 4.79 Å². The first-order chi connectivity index (χ1) is 6.70. The SMILES string of the molecule is C=CCCC(=O)CO[Si](C)(C)C(C)(C)C. The van der Waals surface area contributed by atoms with E-state index in [0.717, 1.165) is 6.42 Å². The molecule has 0 heterocycles. The first-order valence-corrected chi connectivity index (χ1v) is 8.38. The van der Waals surface area contributed by atoms with Gasteiger partial charge >= 0.3 is 0 Å². The van der Waals surface area contributed by atoms with Gasteiger partial charge in [-0.1, -0.05) is 26.8 Å². The van der Waals surface area contributed by atoms with Crippen molar-refractivity contribution in [1.29, 1.82) is 0 Å². The standard InChI is InChI=1S/C12H24O2Si/c1-7-8-9-11(13)10-14-15(5,6)12(2,3)4/h7H,1,8-10H2,2-6H3. The van der Waals surface area contributed by atoms with Gasteiger partial charge in [-0.3, -0.25) is 4.79 Å². The molecule has 0 aromatic heterocycles. The summed E-state index contributed by atoms with van der Waals surface area (Å²) in [6.07, 6.45) is 3.07. The minimum Gasteiger partial charge on any atom is -0.410 e. The maximum atomic E-state index is 11.4. The topological polar surface area (TPSA) is 26.3 Å². The molecular formula is C12H24O2Si. The second-order valence-corrected chi connectivity index (χ2v) is 10.2. The third kappa shape index (κ3) is 5.28. The van der Waals surface area contributed by atoms with Crippen LogP contribution in [-0.4, -0.2) is 20.7 Å². The predicted octanol–water partition coefficient (Wildman–Crippen LogP) is 3.54. The summed E-state index contributed by atoms with van der Waals surface area (Å²) in [4.78, 5) is 11.4. The van der Waals surface area contributed by atoms with Gasteiger partial charge in [0.2, 0.25) is 0 Å². The third-order valence-corrected chi connectivity index (χ3v) is 7.51. The molecule has 0 aliphatic heterocycles. The molecule has 0 unspecified atom stereocenters. The van der Waals surface area contributed by atoms with E-state index in [-0.39, 0.29) is 17.4 Å². The molecule has 0 aliphatic rings. The number of carbonyl (C=O) groups is 1. The quantitative estimate of drug-likeness (QED) is 0.513. The molecule has 0 saturated carbocycles. The first-order valence-electron chi connectivity index (χ1n) is 5.47. The van der Waals surface area contributed by atoms with E-state index in [4.69, 9.17) is 4.43 Å². The van der Waals surface area contributed by atoms with E-state index in [1.54, 1.807) is 6.08 Å². The van der Waals surface area contributed by atoms with Gasteiger partial charge in [0.1, 0.15) is 0 Å². The Bertz CT molecular complexity index is 226. The lowest BCUT2D eigenvalue weighted by Crippen LogP contribution is -2.42. The van der Waals surface area contributed by atoms with Gasteiger partial charge in [0.15, 0.2) is 14.1 Å². The second kappa shape index (κ2) is 5.61. The maximum absolute atomic E-state index is 11.4. The second-order valence-electron chi connectivity index (χ2n) is 5.42. The Morgan fingerprint density at radius 3 is 2.33 bits per heavy atom. The molecule has 0 spiro atoms. The number of ketones is 1. The van der Waals surface area contributed by atoms with Crippen LogP contribution in [0.4, 0.5) is 0 Å². The van der Waals surface area contributed by atoms with E-state index in [0.29, 0.717) is 6.42 Å². The summed E-state index contributed by atoms with van der Waals surface area (Å²) in [6.45, 7) is 14.7. The van der Waals surface area contributed by atoms with Crippen LogP contribution in [0.25, 0.3) is 0 Å². The zero-order valence-corrected chi connectivity index (χ0v) is 11.7. The van der Waals surface area contributed by atoms with Gasteiger partial charge in [-0.15, -0.1) is 6.58 Å². The molecule has 15 heavy (non-hydrogen) atoms. The van der Waals surface area contributed by atoms with Crippen LogP contribution in [0.1, 0.15) is 33.6 Å². The number of rotatable bonds is 6. The molecular weight excluding hydrogens is 204 g/mol. The Balaban J connectivity index is 4.04. The molecule has 0 bridgehead atoms. The van der Waals surface area contributed by atoms with Crippen molar-refractivity contribution >= 4 is 14.1 Å². The van der Waals surface area contributed by atoms with Crippen LogP contribution < -0.4 is 0 Å². The first kappa shape index (κ1) is 14.6. The van der Waals surface area contributed by atoms with Gasteiger partial charge in [0.05, 0.1) is 6.61 Å². The molecule has 0 atom stereocenters. The summed E-state index contributed by atoms with van der Waals surface area (Å²) in [5, 5.41) is 0.172. The summed E-state index contributed by atoms with van der Waals surface area (Å²) in [7, 11) is -1.75. The summed E-state index contributed by atoms with van der Waals surface area (Å²) >= 11 is 0. The van der Waals surface area contributed by atoms with Crippen molar-refractivity contribution in [1.82, 2.24) is 0 Å². The number of carbonyl (C=O) groups excluding carboxylic acids is 1. The normalized spacial score (nSPS) is 12.6. The number of allylic oxidation sites excluding steroid dienone is 1. The van der Waals surface area contributed by atoms with Gasteiger partial charge in [0, 0.05) is 6.42 Å². The molecule has 0 radical (unpaired) electrons. The number of hydrogen-bond acceptors (Lipinski definition) is 2. The smallest absolute Gasteiger partial charge is 0.192 e. The van der Waals surface area contributed by atoms with Crippen LogP contribution in [-0.2, 0) is 9.22 Å². The van der Waals surface area contributed by atoms with Crippen molar-refractivity contribution in [3.8, 4) is 0 Å². The monoisotopic (exact) mass is 228 g/mol. The maximum Gasteiger partial charge on any atom is 0.192 e. The molecule has 0 rings (SSSR count). The zero-order valence-electron chi connectivity index (χ0n) is 10.7. The zero-order chi connectivity index (χ0) is 12.1. The van der Waals surface area contributed by atoms with Crippen LogP contribution in [0.15, 0.2) is 12.7 Å². The Morgan fingerprint density at radius 2 is 1.93 bits per heavy atom. The fraction of sp³-hybridized carbons (Fsp3) is 0.750. The highest BCUT2D eigenvalue weighted by atomic mass is 28.4. The Morgan fingerprint density at radius 1 is 1.40 bits per heavy atom. The summed E-state index contributed by atoms with van der Waals surface area (Å²) in [5.41, 5.74) is 0. The highest BCUT2D eigenvalue weighted by Crippen LogP contribution is 2.36. The number of Topliss-reactive ketones (excluding diaryl/α,β-unsaturated/α-hetero) is 1. The van der Waals surface area contributed by atoms with E-state index in [2.05, 4.69) is 40.4 Å². The highest BCUT2D eigenvalue weighted by molar-refractivity contribution is 6.74. The van der Waals surface area contributed by atoms with Crippen molar-refractivity contribution in [2.75, 3.05) is 6.61 Å². The van der Waals surface area contributed by atoms with Gasteiger partial charge in [-0.25, -0.2) is 0 Å². The van der Waals surface area contributed by atoms with Crippen molar-refractivity contribution in [3.05, 3.63) is 12.7 Å². The average Bonchev–Trinajstić information content (AvgIpc) is 2.09.